The van der Waals surface area contributed by atoms with Crippen molar-refractivity contribution in [1.29, 1.82) is 0 Å². The van der Waals surface area contributed by atoms with Gasteiger partial charge in [-0.2, -0.15) is 5.10 Å². The minimum Gasteiger partial charge on any atom is -0.396 e. The molecule has 5 nitrogen and oxygen atoms in total. The highest BCUT2D eigenvalue weighted by Crippen LogP contribution is 2.10. The van der Waals surface area contributed by atoms with Gasteiger partial charge < -0.3 is 11.5 Å². The number of aromatic nitrogens is 3. The van der Waals surface area contributed by atoms with Crippen LogP contribution >= 0.6 is 0 Å². The van der Waals surface area contributed by atoms with Crippen molar-refractivity contribution in [2.75, 3.05) is 5.73 Å². The second kappa shape index (κ2) is 4.21. The summed E-state index contributed by atoms with van der Waals surface area (Å²) in [4.78, 5) is 4.16. The van der Waals surface area contributed by atoms with E-state index in [0.29, 0.717) is 17.8 Å². The van der Waals surface area contributed by atoms with Crippen LogP contribution in [-0.4, -0.2) is 20.6 Å². The standard InChI is InChI=1S/C11H13N5/c1-8(12)3-2-4-9-7-14-11-10(13)5-6-15-16(9)11/h5-8H,3,12-13H2,1H3/t8-/m0/s1. The molecule has 0 unspecified atom stereocenters. The van der Waals surface area contributed by atoms with Gasteiger partial charge in [-0.25, -0.2) is 9.50 Å². The molecule has 4 N–H and O–H groups in total. The Balaban J connectivity index is 2.38. The van der Waals surface area contributed by atoms with Crippen molar-refractivity contribution in [3.63, 3.8) is 0 Å². The van der Waals surface area contributed by atoms with Crippen LogP contribution < -0.4 is 11.5 Å². The molecule has 1 atom stereocenters. The summed E-state index contributed by atoms with van der Waals surface area (Å²) >= 11 is 0. The number of nitrogen functional groups attached to an aromatic ring is 1. The van der Waals surface area contributed by atoms with Gasteiger partial charge in [0.25, 0.3) is 0 Å². The van der Waals surface area contributed by atoms with Crippen LogP contribution in [0.4, 0.5) is 5.69 Å². The molecule has 2 aromatic heterocycles. The lowest BCUT2D eigenvalue weighted by Gasteiger charge is -1.96. The number of rotatable bonds is 1. The minimum atomic E-state index is 0.0738. The van der Waals surface area contributed by atoms with E-state index in [1.54, 1.807) is 23.0 Å². The van der Waals surface area contributed by atoms with E-state index < -0.39 is 0 Å². The molecule has 5 heteroatoms. The van der Waals surface area contributed by atoms with E-state index >= 15 is 0 Å². The van der Waals surface area contributed by atoms with Gasteiger partial charge >= 0.3 is 0 Å². The fourth-order valence-corrected chi connectivity index (χ4v) is 1.30. The summed E-state index contributed by atoms with van der Waals surface area (Å²) in [6.45, 7) is 1.92. The summed E-state index contributed by atoms with van der Waals surface area (Å²) in [6, 6.07) is 1.78. The van der Waals surface area contributed by atoms with Gasteiger partial charge in [-0.3, -0.25) is 0 Å². The normalized spacial score (nSPS) is 12.1. The van der Waals surface area contributed by atoms with Crippen LogP contribution in [0.2, 0.25) is 0 Å². The van der Waals surface area contributed by atoms with Crippen LogP contribution in [0.15, 0.2) is 18.5 Å². The van der Waals surface area contributed by atoms with Crippen molar-refractivity contribution in [2.45, 2.75) is 19.4 Å². The van der Waals surface area contributed by atoms with Gasteiger partial charge in [0.1, 0.15) is 5.69 Å². The molecule has 0 aliphatic heterocycles. The van der Waals surface area contributed by atoms with Crippen LogP contribution in [0.5, 0.6) is 0 Å². The average Bonchev–Trinajstić information content (AvgIpc) is 2.63. The maximum absolute atomic E-state index is 5.75. The lowest BCUT2D eigenvalue weighted by molar-refractivity contribution is 0.770. The largest absolute Gasteiger partial charge is 0.396 e. The first-order valence-electron chi connectivity index (χ1n) is 5.01. The van der Waals surface area contributed by atoms with Crippen LogP contribution in [0.3, 0.4) is 0 Å². The molecule has 2 aromatic rings. The van der Waals surface area contributed by atoms with Crippen molar-refractivity contribution in [3.05, 3.63) is 24.2 Å². The van der Waals surface area contributed by atoms with E-state index in [1.807, 2.05) is 6.92 Å². The quantitative estimate of drug-likeness (QED) is 0.674. The van der Waals surface area contributed by atoms with E-state index in [9.17, 15) is 0 Å². The molecule has 16 heavy (non-hydrogen) atoms. The summed E-state index contributed by atoms with van der Waals surface area (Å²) in [5, 5.41) is 4.14. The molecule has 0 aliphatic carbocycles. The zero-order chi connectivity index (χ0) is 11.5. The predicted octanol–water partition coefficient (Wildman–Crippen LogP) is 0.400. The molecular formula is C11H13N5. The van der Waals surface area contributed by atoms with Gasteiger partial charge in [-0.1, -0.05) is 5.92 Å². The third kappa shape index (κ3) is 1.97. The summed E-state index contributed by atoms with van der Waals surface area (Å²) in [7, 11) is 0. The minimum absolute atomic E-state index is 0.0738. The molecule has 0 aliphatic rings. The Labute approximate surface area is 93.5 Å². The monoisotopic (exact) mass is 215 g/mol. The van der Waals surface area contributed by atoms with Gasteiger partial charge in [0.15, 0.2) is 5.65 Å². The molecule has 0 saturated heterocycles. The maximum Gasteiger partial charge on any atom is 0.178 e. The van der Waals surface area contributed by atoms with E-state index in [4.69, 9.17) is 11.5 Å². The topological polar surface area (TPSA) is 82.2 Å². The van der Waals surface area contributed by atoms with Gasteiger partial charge in [0, 0.05) is 12.5 Å². The first kappa shape index (κ1) is 10.5. The molecule has 0 amide bonds. The van der Waals surface area contributed by atoms with Gasteiger partial charge in [0.2, 0.25) is 0 Å². The first-order valence-corrected chi connectivity index (χ1v) is 5.01. The SMILES string of the molecule is C[C@H](N)CC#Cc1cnc2c(N)ccnn12. The molecule has 0 aromatic carbocycles. The Morgan fingerprint density at radius 1 is 1.56 bits per heavy atom. The molecule has 2 heterocycles. The molecule has 0 radical (unpaired) electrons. The van der Waals surface area contributed by atoms with Crippen LogP contribution in [-0.2, 0) is 0 Å². The number of hydrogen-bond donors (Lipinski definition) is 2. The molecule has 0 spiro atoms. The second-order valence-electron chi connectivity index (χ2n) is 3.65. The summed E-state index contributed by atoms with van der Waals surface area (Å²) in [5.74, 6) is 5.96. The highest BCUT2D eigenvalue weighted by molar-refractivity contribution is 5.64. The van der Waals surface area contributed by atoms with Crippen molar-refractivity contribution in [3.8, 4) is 11.8 Å². The fourth-order valence-electron chi connectivity index (χ4n) is 1.30. The molecule has 82 valence electrons. The molecule has 0 saturated carbocycles. The third-order valence-corrected chi connectivity index (χ3v) is 2.07. The highest BCUT2D eigenvalue weighted by Gasteiger charge is 2.03. The lowest BCUT2D eigenvalue weighted by atomic mass is 10.2. The second-order valence-corrected chi connectivity index (χ2v) is 3.65. The van der Waals surface area contributed by atoms with E-state index in [2.05, 4.69) is 21.9 Å². The van der Waals surface area contributed by atoms with Crippen molar-refractivity contribution < 1.29 is 0 Å². The van der Waals surface area contributed by atoms with Crippen LogP contribution in [0.25, 0.3) is 5.65 Å². The Bertz CT molecular complexity index is 558. The Kier molecular flexibility index (Phi) is 2.75. The first-order chi connectivity index (χ1) is 7.68. The summed E-state index contributed by atoms with van der Waals surface area (Å²) in [5.41, 5.74) is 13.3. The number of nitrogens with zero attached hydrogens (tertiary/aromatic N) is 3. The van der Waals surface area contributed by atoms with Gasteiger partial charge in [-0.05, 0) is 18.9 Å². The average molecular weight is 215 g/mol. The maximum atomic E-state index is 5.75. The van der Waals surface area contributed by atoms with Crippen molar-refractivity contribution in [1.82, 2.24) is 14.6 Å². The third-order valence-electron chi connectivity index (χ3n) is 2.07. The molecular weight excluding hydrogens is 202 g/mol. The lowest BCUT2D eigenvalue weighted by Crippen LogP contribution is -2.12. The van der Waals surface area contributed by atoms with Gasteiger partial charge in [0.05, 0.1) is 18.1 Å². The zero-order valence-electron chi connectivity index (χ0n) is 9.01. The Morgan fingerprint density at radius 3 is 3.12 bits per heavy atom. The van der Waals surface area contributed by atoms with Crippen molar-refractivity contribution >= 4 is 11.3 Å². The predicted molar refractivity (Wildman–Crippen MR) is 62.5 cm³/mol. The summed E-state index contributed by atoms with van der Waals surface area (Å²) < 4.78 is 1.63. The van der Waals surface area contributed by atoms with Crippen molar-refractivity contribution in [2.24, 2.45) is 5.73 Å². The highest BCUT2D eigenvalue weighted by atomic mass is 15.3. The molecule has 0 fully saturated rings. The van der Waals surface area contributed by atoms with Gasteiger partial charge in [-0.15, -0.1) is 0 Å². The smallest absolute Gasteiger partial charge is 0.178 e. The number of fused-ring (bicyclic) bond motifs is 1. The zero-order valence-corrected chi connectivity index (χ0v) is 9.01. The van der Waals surface area contributed by atoms with E-state index in [-0.39, 0.29) is 6.04 Å². The molecule has 2 rings (SSSR count). The van der Waals surface area contributed by atoms with E-state index in [0.717, 1.165) is 5.69 Å². The van der Waals surface area contributed by atoms with E-state index in [1.165, 1.54) is 0 Å². The number of hydrogen-bond acceptors (Lipinski definition) is 4. The van der Waals surface area contributed by atoms with Crippen LogP contribution in [0.1, 0.15) is 19.0 Å². The van der Waals surface area contributed by atoms with Crippen LogP contribution in [0, 0.1) is 11.8 Å². The number of nitrogens with two attached hydrogens (primary N) is 2. The number of imidazole rings is 1. The molecule has 0 bridgehead atoms. The Hall–Kier alpha value is -2.06. The Morgan fingerprint density at radius 2 is 2.38 bits per heavy atom. The number of anilines is 1. The fraction of sp³-hybridized carbons (Fsp3) is 0.273. The summed E-state index contributed by atoms with van der Waals surface area (Å²) in [6.07, 6.45) is 3.93.